The largest absolute Gasteiger partial charge is 0.330 e. The first-order valence-corrected chi connectivity index (χ1v) is 12.5. The third-order valence-electron chi connectivity index (χ3n) is 4.82. The van der Waals surface area contributed by atoms with Crippen LogP contribution < -0.4 is 11.5 Å². The van der Waals surface area contributed by atoms with E-state index >= 15 is 0 Å². The molecule has 0 atom stereocenters. The Labute approximate surface area is 157 Å². The number of nitrogens with two attached hydrogens (primary N) is 2. The lowest BCUT2D eigenvalue weighted by atomic mass is 10.1. The van der Waals surface area contributed by atoms with Crippen LogP contribution in [0.1, 0.15) is 103 Å². The van der Waals surface area contributed by atoms with Crippen LogP contribution in [0.5, 0.6) is 0 Å². The molecule has 0 saturated carbocycles. The van der Waals surface area contributed by atoms with E-state index in [1.165, 1.54) is 64.2 Å². The molecule has 0 saturated heterocycles. The molecule has 5 heteroatoms. The van der Waals surface area contributed by atoms with Crippen molar-refractivity contribution in [2.45, 2.75) is 103 Å². The zero-order valence-electron chi connectivity index (χ0n) is 16.5. The highest BCUT2D eigenvalue weighted by atomic mass is 32.2. The molecule has 4 nitrogen and oxygen atoms in total. The number of unbranched alkanes of at least 4 members (excludes halogenated alkanes) is 14. The van der Waals surface area contributed by atoms with Gasteiger partial charge in [0.15, 0.2) is 0 Å². The quantitative estimate of drug-likeness (QED) is 0.305. The van der Waals surface area contributed by atoms with Gasteiger partial charge in [-0.3, -0.25) is 0 Å². The Morgan fingerprint density at radius 1 is 0.400 bits per heavy atom. The molecule has 0 aromatic carbocycles. The fourth-order valence-electron chi connectivity index (χ4n) is 3.16. The van der Waals surface area contributed by atoms with Gasteiger partial charge in [-0.15, -0.1) is 0 Å². The topological polar surface area (TPSA) is 86.2 Å². The normalized spacial score (nSPS) is 11.9. The van der Waals surface area contributed by atoms with Gasteiger partial charge < -0.3 is 11.5 Å². The van der Waals surface area contributed by atoms with Crippen molar-refractivity contribution in [3.8, 4) is 0 Å². The molecule has 0 aliphatic heterocycles. The molecule has 4 N–H and O–H groups in total. The fourth-order valence-corrected chi connectivity index (χ4v) is 4.65. The molecule has 0 radical (unpaired) electrons. The maximum absolute atomic E-state index is 12.0. The second-order valence-corrected chi connectivity index (χ2v) is 9.69. The van der Waals surface area contributed by atoms with Crippen molar-refractivity contribution in [3.63, 3.8) is 0 Å². The Morgan fingerprint density at radius 2 is 0.640 bits per heavy atom. The Kier molecular flexibility index (Phi) is 18.6. The van der Waals surface area contributed by atoms with E-state index in [-0.39, 0.29) is 0 Å². The average Bonchev–Trinajstić information content (AvgIpc) is 2.59. The lowest BCUT2D eigenvalue weighted by molar-refractivity contribution is 0.561. The van der Waals surface area contributed by atoms with Gasteiger partial charge in [-0.1, -0.05) is 77.0 Å². The summed E-state index contributed by atoms with van der Waals surface area (Å²) >= 11 is 0. The Morgan fingerprint density at radius 3 is 0.920 bits per heavy atom. The van der Waals surface area contributed by atoms with Crippen LogP contribution in [-0.2, 0) is 9.84 Å². The van der Waals surface area contributed by atoms with Crippen molar-refractivity contribution in [2.24, 2.45) is 11.5 Å². The lowest BCUT2D eigenvalue weighted by Crippen LogP contribution is -2.11. The first-order chi connectivity index (χ1) is 12.1. The van der Waals surface area contributed by atoms with Crippen molar-refractivity contribution in [2.75, 3.05) is 24.6 Å². The molecule has 0 amide bonds. The molecular formula is C20H44N2O2S. The molecular weight excluding hydrogens is 332 g/mol. The fraction of sp³-hybridized carbons (Fsp3) is 1.00. The van der Waals surface area contributed by atoms with Crippen LogP contribution in [0.4, 0.5) is 0 Å². The molecule has 0 aromatic rings. The van der Waals surface area contributed by atoms with Crippen molar-refractivity contribution in [1.29, 1.82) is 0 Å². The van der Waals surface area contributed by atoms with E-state index in [4.69, 9.17) is 11.5 Å². The molecule has 0 aromatic heterocycles. The van der Waals surface area contributed by atoms with Gasteiger partial charge in [-0.25, -0.2) is 8.42 Å². The van der Waals surface area contributed by atoms with E-state index in [1.807, 2.05) is 0 Å². The van der Waals surface area contributed by atoms with Gasteiger partial charge in [0.2, 0.25) is 0 Å². The molecule has 25 heavy (non-hydrogen) atoms. The minimum absolute atomic E-state index is 0.388. The maximum Gasteiger partial charge on any atom is 0.150 e. The van der Waals surface area contributed by atoms with Gasteiger partial charge in [0.1, 0.15) is 9.84 Å². The number of rotatable bonds is 20. The third kappa shape index (κ3) is 20.0. The predicted molar refractivity (Wildman–Crippen MR) is 111 cm³/mol. The van der Waals surface area contributed by atoms with Crippen molar-refractivity contribution >= 4 is 9.84 Å². The summed E-state index contributed by atoms with van der Waals surface area (Å²) in [6.07, 6.45) is 18.4. The minimum atomic E-state index is -2.82. The summed E-state index contributed by atoms with van der Waals surface area (Å²) in [5.41, 5.74) is 10.9. The predicted octanol–water partition coefficient (Wildman–Crippen LogP) is 4.56. The number of hydrogen-bond acceptors (Lipinski definition) is 4. The summed E-state index contributed by atoms with van der Waals surface area (Å²) in [5, 5.41) is 0. The summed E-state index contributed by atoms with van der Waals surface area (Å²) in [4.78, 5) is 0. The highest BCUT2D eigenvalue weighted by Crippen LogP contribution is 2.12. The van der Waals surface area contributed by atoms with Gasteiger partial charge in [0, 0.05) is 0 Å². The van der Waals surface area contributed by atoms with E-state index < -0.39 is 9.84 Å². The second kappa shape index (κ2) is 18.7. The van der Waals surface area contributed by atoms with Gasteiger partial charge in [0.05, 0.1) is 11.5 Å². The molecule has 0 spiro atoms. The summed E-state index contributed by atoms with van der Waals surface area (Å²) < 4.78 is 24.0. The first kappa shape index (κ1) is 24.9. The van der Waals surface area contributed by atoms with E-state index in [0.717, 1.165) is 51.6 Å². The Hall–Kier alpha value is -0.130. The Balaban J connectivity index is 3.35. The molecule has 0 unspecified atom stereocenters. The Bertz CT molecular complexity index is 331. The number of sulfone groups is 1. The summed E-state index contributed by atoms with van der Waals surface area (Å²) in [6.45, 7) is 1.60. The monoisotopic (exact) mass is 376 g/mol. The first-order valence-electron chi connectivity index (χ1n) is 10.7. The van der Waals surface area contributed by atoms with E-state index in [9.17, 15) is 8.42 Å². The van der Waals surface area contributed by atoms with Crippen LogP contribution >= 0.6 is 0 Å². The van der Waals surface area contributed by atoms with Crippen LogP contribution in [-0.4, -0.2) is 33.0 Å². The highest BCUT2D eigenvalue weighted by molar-refractivity contribution is 7.91. The smallest absolute Gasteiger partial charge is 0.150 e. The van der Waals surface area contributed by atoms with Crippen molar-refractivity contribution < 1.29 is 8.42 Å². The molecule has 0 aliphatic rings. The highest BCUT2D eigenvalue weighted by Gasteiger charge is 2.09. The van der Waals surface area contributed by atoms with Crippen molar-refractivity contribution in [1.82, 2.24) is 0 Å². The molecule has 152 valence electrons. The van der Waals surface area contributed by atoms with E-state index in [1.54, 1.807) is 0 Å². The van der Waals surface area contributed by atoms with E-state index in [0.29, 0.717) is 11.5 Å². The SMILES string of the molecule is NCCCCCCCCCCS(=O)(=O)CCCCCCCCCCN. The zero-order valence-corrected chi connectivity index (χ0v) is 17.3. The summed E-state index contributed by atoms with van der Waals surface area (Å²) in [6, 6.07) is 0. The second-order valence-electron chi connectivity index (χ2n) is 7.39. The molecule has 0 fully saturated rings. The molecule has 0 heterocycles. The van der Waals surface area contributed by atoms with Crippen LogP contribution in [0.15, 0.2) is 0 Å². The van der Waals surface area contributed by atoms with Gasteiger partial charge >= 0.3 is 0 Å². The molecule has 0 rings (SSSR count). The van der Waals surface area contributed by atoms with Crippen LogP contribution in [0.2, 0.25) is 0 Å². The maximum atomic E-state index is 12.0. The van der Waals surface area contributed by atoms with Gasteiger partial charge in [-0.05, 0) is 38.8 Å². The van der Waals surface area contributed by atoms with Crippen LogP contribution in [0, 0.1) is 0 Å². The van der Waals surface area contributed by atoms with Crippen molar-refractivity contribution in [3.05, 3.63) is 0 Å². The van der Waals surface area contributed by atoms with Crippen LogP contribution in [0.3, 0.4) is 0 Å². The van der Waals surface area contributed by atoms with Crippen LogP contribution in [0.25, 0.3) is 0 Å². The standard InChI is InChI=1S/C20H44N2O2S/c21-17-13-9-5-1-3-7-11-15-19-25(23,24)20-16-12-8-4-2-6-10-14-18-22/h1-22H2. The van der Waals surface area contributed by atoms with E-state index in [2.05, 4.69) is 0 Å². The summed E-state index contributed by atoms with van der Waals surface area (Å²) in [5.74, 6) is 0.776. The molecule has 0 aliphatic carbocycles. The number of hydrogen-bond donors (Lipinski definition) is 2. The zero-order chi connectivity index (χ0) is 18.6. The minimum Gasteiger partial charge on any atom is -0.330 e. The van der Waals surface area contributed by atoms with Gasteiger partial charge in [-0.2, -0.15) is 0 Å². The summed E-state index contributed by atoms with van der Waals surface area (Å²) in [7, 11) is -2.82. The third-order valence-corrected chi connectivity index (χ3v) is 6.64. The average molecular weight is 377 g/mol. The molecule has 0 bridgehead atoms. The van der Waals surface area contributed by atoms with Gasteiger partial charge in [0.25, 0.3) is 0 Å². The lowest BCUT2D eigenvalue weighted by Gasteiger charge is -2.05.